The molecule has 0 aliphatic rings. The molecule has 3 rings (SSSR count). The number of ether oxygens (including phenoxy) is 1. The lowest BCUT2D eigenvalue weighted by Crippen LogP contribution is -2.36. The number of hydrogen-bond donors (Lipinski definition) is 1. The number of hydrogen-bond acceptors (Lipinski definition) is 4. The summed E-state index contributed by atoms with van der Waals surface area (Å²) in [5.41, 5.74) is 2.17. The zero-order valence-corrected chi connectivity index (χ0v) is 13.1. The van der Waals surface area contributed by atoms with Crippen molar-refractivity contribution in [1.82, 2.24) is 19.9 Å². The van der Waals surface area contributed by atoms with Gasteiger partial charge in [0.1, 0.15) is 17.9 Å². The number of nitrogens with zero attached hydrogens (tertiary/aromatic N) is 3. The molecule has 0 aliphatic carbocycles. The van der Waals surface area contributed by atoms with E-state index in [4.69, 9.17) is 4.74 Å². The predicted molar refractivity (Wildman–Crippen MR) is 86.6 cm³/mol. The third-order valence-electron chi connectivity index (χ3n) is 3.42. The van der Waals surface area contributed by atoms with E-state index in [0.29, 0.717) is 17.8 Å². The van der Waals surface area contributed by atoms with E-state index in [0.717, 1.165) is 5.75 Å². The second kappa shape index (κ2) is 6.48. The number of benzene rings is 1. The second-order valence-corrected chi connectivity index (χ2v) is 5.44. The van der Waals surface area contributed by atoms with Crippen molar-refractivity contribution in [2.45, 2.75) is 19.9 Å². The number of aromatic nitrogens is 3. The number of amides is 1. The summed E-state index contributed by atoms with van der Waals surface area (Å²) in [7, 11) is 0. The normalized spacial score (nSPS) is 12.1. The van der Waals surface area contributed by atoms with Crippen LogP contribution in [0.3, 0.4) is 0 Å². The van der Waals surface area contributed by atoms with Crippen LogP contribution in [-0.2, 0) is 0 Å². The van der Waals surface area contributed by atoms with Crippen molar-refractivity contribution in [3.63, 3.8) is 0 Å². The maximum absolute atomic E-state index is 12.3. The summed E-state index contributed by atoms with van der Waals surface area (Å²) < 4.78 is 7.25. The molecule has 0 fully saturated rings. The molecule has 0 saturated carbocycles. The molecular formula is C17H18N4O2. The first-order chi connectivity index (χ1) is 11.1. The summed E-state index contributed by atoms with van der Waals surface area (Å²) in [4.78, 5) is 16.5. The van der Waals surface area contributed by atoms with E-state index in [2.05, 4.69) is 15.4 Å². The number of fused-ring (bicyclic) bond motifs is 1. The van der Waals surface area contributed by atoms with E-state index in [-0.39, 0.29) is 11.9 Å². The molecule has 6 nitrogen and oxygen atoms in total. The number of rotatable bonds is 5. The Kier molecular flexibility index (Phi) is 4.23. The van der Waals surface area contributed by atoms with Crippen LogP contribution in [0, 0.1) is 6.92 Å². The molecule has 1 atom stereocenters. The van der Waals surface area contributed by atoms with E-state index in [9.17, 15) is 4.79 Å². The Hall–Kier alpha value is -2.89. The van der Waals surface area contributed by atoms with Gasteiger partial charge in [0.05, 0.1) is 12.2 Å². The molecule has 0 spiro atoms. The monoisotopic (exact) mass is 310 g/mol. The number of nitrogens with one attached hydrogen (secondary N) is 1. The average Bonchev–Trinajstić information content (AvgIpc) is 2.98. The molecule has 0 bridgehead atoms. The zero-order chi connectivity index (χ0) is 16.2. The molecule has 0 unspecified atom stereocenters. The van der Waals surface area contributed by atoms with Crippen molar-refractivity contribution in [3.8, 4) is 5.75 Å². The predicted octanol–water partition coefficient (Wildman–Crippen LogP) is 2.24. The maximum Gasteiger partial charge on any atom is 0.257 e. The number of aryl methyl sites for hydroxylation is 1. The van der Waals surface area contributed by atoms with Gasteiger partial charge in [0.25, 0.3) is 5.91 Å². The molecule has 1 amide bonds. The van der Waals surface area contributed by atoms with Gasteiger partial charge in [0.2, 0.25) is 0 Å². The minimum Gasteiger partial charge on any atom is -0.491 e. The molecular weight excluding hydrogens is 292 g/mol. The van der Waals surface area contributed by atoms with Crippen LogP contribution in [-0.4, -0.2) is 33.2 Å². The van der Waals surface area contributed by atoms with Crippen molar-refractivity contribution in [2.24, 2.45) is 0 Å². The molecule has 0 aliphatic heterocycles. The van der Waals surface area contributed by atoms with Crippen LogP contribution in [0.2, 0.25) is 0 Å². The van der Waals surface area contributed by atoms with Crippen molar-refractivity contribution < 1.29 is 9.53 Å². The van der Waals surface area contributed by atoms with Gasteiger partial charge in [-0.3, -0.25) is 4.79 Å². The molecule has 6 heteroatoms. The van der Waals surface area contributed by atoms with E-state index in [1.54, 1.807) is 23.0 Å². The number of carbonyl (C=O) groups is 1. The van der Waals surface area contributed by atoms with Crippen LogP contribution in [0.25, 0.3) is 5.65 Å². The lowest BCUT2D eigenvalue weighted by molar-refractivity contribution is 0.0928. The molecule has 1 aromatic carbocycles. The SMILES string of the molecule is Cc1ccc(OC[C@H](C)NC(=O)c2cnn3cccnc23)cc1. The van der Waals surface area contributed by atoms with Gasteiger partial charge in [-0.2, -0.15) is 5.10 Å². The van der Waals surface area contributed by atoms with Crippen LogP contribution in [0.15, 0.2) is 48.9 Å². The first-order valence-electron chi connectivity index (χ1n) is 7.42. The standard InChI is InChI=1S/C17H18N4O2/c1-12-4-6-14(7-5-12)23-11-13(2)20-17(22)15-10-19-21-9-3-8-18-16(15)21/h3-10,13H,11H2,1-2H3,(H,20,22)/t13-/m0/s1. The minimum atomic E-state index is -0.210. The van der Waals surface area contributed by atoms with Crippen molar-refractivity contribution >= 4 is 11.6 Å². The van der Waals surface area contributed by atoms with E-state index < -0.39 is 0 Å². The highest BCUT2D eigenvalue weighted by Crippen LogP contribution is 2.12. The van der Waals surface area contributed by atoms with Crippen LogP contribution in [0.4, 0.5) is 0 Å². The first kappa shape index (κ1) is 15.0. The fourth-order valence-corrected chi connectivity index (χ4v) is 2.19. The Morgan fingerprint density at radius 1 is 1.35 bits per heavy atom. The summed E-state index contributed by atoms with van der Waals surface area (Å²) in [6, 6.07) is 9.44. The summed E-state index contributed by atoms with van der Waals surface area (Å²) in [6.45, 7) is 4.31. The van der Waals surface area contributed by atoms with E-state index in [1.807, 2.05) is 38.1 Å². The van der Waals surface area contributed by atoms with Crippen molar-refractivity contribution in [3.05, 3.63) is 60.0 Å². The van der Waals surface area contributed by atoms with Gasteiger partial charge in [-0.05, 0) is 32.0 Å². The Morgan fingerprint density at radius 2 is 2.13 bits per heavy atom. The van der Waals surface area contributed by atoms with Crippen LogP contribution >= 0.6 is 0 Å². The van der Waals surface area contributed by atoms with E-state index >= 15 is 0 Å². The Morgan fingerprint density at radius 3 is 2.91 bits per heavy atom. The van der Waals surface area contributed by atoms with Gasteiger partial charge in [-0.1, -0.05) is 17.7 Å². The average molecular weight is 310 g/mol. The van der Waals surface area contributed by atoms with Crippen LogP contribution < -0.4 is 10.1 Å². The summed E-state index contributed by atoms with van der Waals surface area (Å²) in [6.07, 6.45) is 4.91. The highest BCUT2D eigenvalue weighted by Gasteiger charge is 2.16. The van der Waals surface area contributed by atoms with Gasteiger partial charge in [-0.15, -0.1) is 0 Å². The fourth-order valence-electron chi connectivity index (χ4n) is 2.19. The van der Waals surface area contributed by atoms with Gasteiger partial charge < -0.3 is 10.1 Å². The van der Waals surface area contributed by atoms with Gasteiger partial charge >= 0.3 is 0 Å². The minimum absolute atomic E-state index is 0.137. The van der Waals surface area contributed by atoms with Crippen molar-refractivity contribution in [2.75, 3.05) is 6.61 Å². The molecule has 23 heavy (non-hydrogen) atoms. The smallest absolute Gasteiger partial charge is 0.257 e. The second-order valence-electron chi connectivity index (χ2n) is 5.44. The third kappa shape index (κ3) is 3.48. The molecule has 3 aromatic rings. The molecule has 0 radical (unpaired) electrons. The topological polar surface area (TPSA) is 68.5 Å². The largest absolute Gasteiger partial charge is 0.491 e. The molecule has 2 aromatic heterocycles. The van der Waals surface area contributed by atoms with Gasteiger partial charge in [0.15, 0.2) is 5.65 Å². The quantitative estimate of drug-likeness (QED) is 0.784. The molecule has 1 N–H and O–H groups in total. The summed E-state index contributed by atoms with van der Waals surface area (Å²) in [5, 5.41) is 7.01. The fraction of sp³-hybridized carbons (Fsp3) is 0.235. The molecule has 2 heterocycles. The highest BCUT2D eigenvalue weighted by atomic mass is 16.5. The lowest BCUT2D eigenvalue weighted by Gasteiger charge is -2.14. The third-order valence-corrected chi connectivity index (χ3v) is 3.42. The molecule has 118 valence electrons. The number of carbonyl (C=O) groups excluding carboxylic acids is 1. The highest BCUT2D eigenvalue weighted by molar-refractivity contribution is 5.99. The zero-order valence-electron chi connectivity index (χ0n) is 13.1. The van der Waals surface area contributed by atoms with Crippen LogP contribution in [0.5, 0.6) is 5.75 Å². The van der Waals surface area contributed by atoms with Gasteiger partial charge in [-0.25, -0.2) is 9.50 Å². The lowest BCUT2D eigenvalue weighted by atomic mass is 10.2. The molecule has 0 saturated heterocycles. The van der Waals surface area contributed by atoms with E-state index in [1.165, 1.54) is 11.8 Å². The Balaban J connectivity index is 1.60. The Labute approximate surface area is 134 Å². The van der Waals surface area contributed by atoms with Gasteiger partial charge in [0, 0.05) is 12.4 Å². The Bertz CT molecular complexity index is 811. The maximum atomic E-state index is 12.3. The van der Waals surface area contributed by atoms with Crippen molar-refractivity contribution in [1.29, 1.82) is 0 Å². The summed E-state index contributed by atoms with van der Waals surface area (Å²) >= 11 is 0. The summed E-state index contributed by atoms with van der Waals surface area (Å²) in [5.74, 6) is 0.577. The first-order valence-corrected chi connectivity index (χ1v) is 7.42. The van der Waals surface area contributed by atoms with Crippen LogP contribution in [0.1, 0.15) is 22.8 Å².